The summed E-state index contributed by atoms with van der Waals surface area (Å²) >= 11 is 0. The maximum Gasteiger partial charge on any atom is 0.255 e. The number of hydrogen-bond donors (Lipinski definition) is 2. The maximum absolute atomic E-state index is 13.2. The first-order valence-electron chi connectivity index (χ1n) is 8.64. The highest BCUT2D eigenvalue weighted by Crippen LogP contribution is 2.30. The van der Waals surface area contributed by atoms with Gasteiger partial charge in [-0.1, -0.05) is 6.42 Å². The molecular formula is C18H24F2N2O2. The van der Waals surface area contributed by atoms with Gasteiger partial charge in [0, 0.05) is 32.2 Å². The maximum atomic E-state index is 13.2. The minimum Gasteiger partial charge on any atom is -0.379 e. The summed E-state index contributed by atoms with van der Waals surface area (Å²) in [5.74, 6) is -0.921. The average molecular weight is 338 g/mol. The third-order valence-corrected chi connectivity index (χ3v) is 5.08. The lowest BCUT2D eigenvalue weighted by molar-refractivity contribution is -0.157. The van der Waals surface area contributed by atoms with Crippen LogP contribution in [0, 0.1) is 17.6 Å². The molecule has 1 heterocycles. The van der Waals surface area contributed by atoms with Crippen LogP contribution >= 0.6 is 0 Å². The molecule has 0 radical (unpaired) electrons. The molecule has 0 unspecified atom stereocenters. The Morgan fingerprint density at radius 1 is 1.21 bits per heavy atom. The molecule has 1 aromatic carbocycles. The molecule has 24 heavy (non-hydrogen) atoms. The van der Waals surface area contributed by atoms with Gasteiger partial charge in [0.2, 0.25) is 0 Å². The van der Waals surface area contributed by atoms with Crippen LogP contribution < -0.4 is 5.32 Å². The monoisotopic (exact) mass is 338 g/mol. The molecule has 1 aliphatic heterocycles. The second-order valence-electron chi connectivity index (χ2n) is 7.06. The van der Waals surface area contributed by atoms with Crippen LogP contribution in [0.1, 0.15) is 37.7 Å². The van der Waals surface area contributed by atoms with E-state index in [0.717, 1.165) is 31.9 Å². The molecule has 2 aliphatic rings. The highest BCUT2D eigenvalue weighted by atomic mass is 19.1. The smallest absolute Gasteiger partial charge is 0.255 e. The van der Waals surface area contributed by atoms with Crippen LogP contribution in [0.15, 0.2) is 18.2 Å². The van der Waals surface area contributed by atoms with Crippen molar-refractivity contribution in [2.45, 2.75) is 44.2 Å². The molecule has 0 aromatic heterocycles. The van der Waals surface area contributed by atoms with Crippen LogP contribution in [0.4, 0.5) is 8.78 Å². The molecule has 1 saturated carbocycles. The molecule has 0 spiro atoms. The fourth-order valence-corrected chi connectivity index (χ4v) is 3.52. The van der Waals surface area contributed by atoms with Gasteiger partial charge in [0.05, 0.1) is 0 Å². The van der Waals surface area contributed by atoms with Gasteiger partial charge in [-0.2, -0.15) is 0 Å². The quantitative estimate of drug-likeness (QED) is 0.836. The minimum absolute atomic E-state index is 0.0884. The Labute approximate surface area is 140 Å². The molecule has 1 atom stereocenters. The van der Waals surface area contributed by atoms with Crippen molar-refractivity contribution in [3.8, 4) is 0 Å². The van der Waals surface area contributed by atoms with E-state index >= 15 is 0 Å². The van der Waals surface area contributed by atoms with E-state index in [1.54, 1.807) is 4.90 Å². The van der Waals surface area contributed by atoms with Gasteiger partial charge in [-0.25, -0.2) is 8.78 Å². The molecule has 1 amide bonds. The Bertz CT molecular complexity index is 586. The molecule has 1 aromatic rings. The number of halogens is 2. The summed E-state index contributed by atoms with van der Waals surface area (Å²) in [6.07, 6.45) is 4.72. The van der Waals surface area contributed by atoms with Crippen molar-refractivity contribution in [3.63, 3.8) is 0 Å². The number of piperidine rings is 1. The van der Waals surface area contributed by atoms with Crippen LogP contribution in [-0.4, -0.2) is 41.1 Å². The van der Waals surface area contributed by atoms with Crippen molar-refractivity contribution in [1.29, 1.82) is 0 Å². The third-order valence-electron chi connectivity index (χ3n) is 5.08. The Morgan fingerprint density at radius 3 is 2.54 bits per heavy atom. The second-order valence-corrected chi connectivity index (χ2v) is 7.06. The molecular weight excluding hydrogens is 314 g/mol. The molecule has 1 aliphatic carbocycles. The van der Waals surface area contributed by atoms with Gasteiger partial charge in [0.1, 0.15) is 11.6 Å². The number of aliphatic hydroxyl groups is 1. The minimum atomic E-state index is -1.42. The van der Waals surface area contributed by atoms with E-state index in [4.69, 9.17) is 0 Å². The number of amides is 1. The standard InChI is InChI=1S/C18H24F2N2O2/c19-15-7-14(8-16(20)9-15)10-21-12-18(24)5-2-6-22(17(18)23)11-13-3-1-4-13/h7-9,13,21,24H,1-6,10-12H2/t18-/m1/s1. The van der Waals surface area contributed by atoms with Crippen LogP contribution in [-0.2, 0) is 11.3 Å². The molecule has 132 valence electrons. The molecule has 4 nitrogen and oxygen atoms in total. The number of nitrogens with one attached hydrogen (secondary N) is 1. The topological polar surface area (TPSA) is 52.6 Å². The highest BCUT2D eigenvalue weighted by molar-refractivity contribution is 5.86. The third kappa shape index (κ3) is 3.92. The van der Waals surface area contributed by atoms with Gasteiger partial charge in [0.25, 0.3) is 5.91 Å². The number of rotatable bonds is 6. The first-order valence-corrected chi connectivity index (χ1v) is 8.64. The van der Waals surface area contributed by atoms with E-state index in [9.17, 15) is 18.7 Å². The highest BCUT2D eigenvalue weighted by Gasteiger charge is 2.42. The van der Waals surface area contributed by atoms with Gasteiger partial charge in [-0.3, -0.25) is 4.79 Å². The number of carbonyl (C=O) groups excluding carboxylic acids is 1. The van der Waals surface area contributed by atoms with Gasteiger partial charge in [-0.15, -0.1) is 0 Å². The Balaban J connectivity index is 1.55. The van der Waals surface area contributed by atoms with Crippen molar-refractivity contribution in [2.75, 3.05) is 19.6 Å². The fourth-order valence-electron chi connectivity index (χ4n) is 3.52. The van der Waals surface area contributed by atoms with Gasteiger partial charge >= 0.3 is 0 Å². The summed E-state index contributed by atoms with van der Waals surface area (Å²) in [6.45, 7) is 1.72. The summed E-state index contributed by atoms with van der Waals surface area (Å²) in [5.41, 5.74) is -0.973. The van der Waals surface area contributed by atoms with Crippen LogP contribution in [0.25, 0.3) is 0 Å². The molecule has 2 fully saturated rings. The van der Waals surface area contributed by atoms with E-state index in [1.807, 2.05) is 0 Å². The fraction of sp³-hybridized carbons (Fsp3) is 0.611. The lowest BCUT2D eigenvalue weighted by Crippen LogP contribution is -2.58. The summed E-state index contributed by atoms with van der Waals surface area (Å²) in [6, 6.07) is 3.30. The van der Waals surface area contributed by atoms with Crippen LogP contribution in [0.2, 0.25) is 0 Å². The summed E-state index contributed by atoms with van der Waals surface area (Å²) in [7, 11) is 0. The van der Waals surface area contributed by atoms with Gasteiger partial charge in [0.15, 0.2) is 5.60 Å². The molecule has 1 saturated heterocycles. The van der Waals surface area contributed by atoms with Crippen molar-refractivity contribution < 1.29 is 18.7 Å². The number of likely N-dealkylation sites (tertiary alicyclic amines) is 1. The molecule has 2 N–H and O–H groups in total. The lowest BCUT2D eigenvalue weighted by Gasteiger charge is -2.41. The zero-order valence-electron chi connectivity index (χ0n) is 13.7. The Kier molecular flexibility index (Phi) is 5.15. The zero-order valence-corrected chi connectivity index (χ0v) is 13.7. The normalized spacial score (nSPS) is 25.0. The predicted molar refractivity (Wildman–Crippen MR) is 86.2 cm³/mol. The van der Waals surface area contributed by atoms with Crippen molar-refractivity contribution in [3.05, 3.63) is 35.4 Å². The van der Waals surface area contributed by atoms with Crippen molar-refractivity contribution in [1.82, 2.24) is 10.2 Å². The molecule has 0 bridgehead atoms. The largest absolute Gasteiger partial charge is 0.379 e. The number of nitrogens with zero attached hydrogens (tertiary/aromatic N) is 1. The van der Waals surface area contributed by atoms with Crippen LogP contribution in [0.5, 0.6) is 0 Å². The average Bonchev–Trinajstić information content (AvgIpc) is 2.46. The predicted octanol–water partition coefficient (Wildman–Crippen LogP) is 2.21. The Morgan fingerprint density at radius 2 is 1.92 bits per heavy atom. The SMILES string of the molecule is O=C1N(CC2CCC2)CCC[C@@]1(O)CNCc1cc(F)cc(F)c1. The van der Waals surface area contributed by atoms with Crippen LogP contribution in [0.3, 0.4) is 0 Å². The zero-order chi connectivity index (χ0) is 17.2. The summed E-state index contributed by atoms with van der Waals surface area (Å²) in [4.78, 5) is 14.4. The second kappa shape index (κ2) is 7.15. The van der Waals surface area contributed by atoms with Gasteiger partial charge in [-0.05, 0) is 49.3 Å². The van der Waals surface area contributed by atoms with Gasteiger partial charge < -0.3 is 15.3 Å². The van der Waals surface area contributed by atoms with E-state index in [-0.39, 0.29) is 19.0 Å². The van der Waals surface area contributed by atoms with E-state index in [1.165, 1.54) is 18.6 Å². The first-order chi connectivity index (χ1) is 11.5. The summed E-state index contributed by atoms with van der Waals surface area (Å²) in [5, 5.41) is 13.7. The van der Waals surface area contributed by atoms with Crippen molar-refractivity contribution in [2.24, 2.45) is 5.92 Å². The molecule has 3 rings (SSSR count). The first kappa shape index (κ1) is 17.3. The van der Waals surface area contributed by atoms with E-state index in [2.05, 4.69) is 5.32 Å². The molecule has 6 heteroatoms. The Hall–Kier alpha value is -1.53. The number of hydrogen-bond acceptors (Lipinski definition) is 3. The lowest BCUT2D eigenvalue weighted by atomic mass is 9.83. The number of carbonyl (C=O) groups is 1. The van der Waals surface area contributed by atoms with Crippen molar-refractivity contribution >= 4 is 5.91 Å². The summed E-state index contributed by atoms with van der Waals surface area (Å²) < 4.78 is 26.4. The van der Waals surface area contributed by atoms with E-state index in [0.29, 0.717) is 24.4 Å². The van der Waals surface area contributed by atoms with E-state index < -0.39 is 17.2 Å². The number of benzene rings is 1.